The Hall–Kier alpha value is -0.460. The molecule has 0 aliphatic carbocycles. The normalized spacial score (nSPS) is 14.1. The van der Waals surface area contributed by atoms with Crippen molar-refractivity contribution in [2.24, 2.45) is 5.73 Å². The summed E-state index contributed by atoms with van der Waals surface area (Å²) >= 11 is 3.44. The van der Waals surface area contributed by atoms with Crippen molar-refractivity contribution < 1.29 is 14.2 Å². The zero-order valence-electron chi connectivity index (χ0n) is 12.9. The quantitative estimate of drug-likeness (QED) is 0.616. The third-order valence-electron chi connectivity index (χ3n) is 3.22. The van der Waals surface area contributed by atoms with Crippen LogP contribution in [0.4, 0.5) is 0 Å². The summed E-state index contributed by atoms with van der Waals surface area (Å²) in [7, 11) is 1.69. The van der Waals surface area contributed by atoms with Gasteiger partial charge in [0.25, 0.3) is 0 Å². The zero-order chi connectivity index (χ0) is 15.5. The molecule has 0 heterocycles. The molecule has 1 rings (SSSR count). The van der Waals surface area contributed by atoms with Crippen LogP contribution in [0.5, 0.6) is 0 Å². The van der Waals surface area contributed by atoms with E-state index in [1.807, 2.05) is 24.3 Å². The van der Waals surface area contributed by atoms with Gasteiger partial charge >= 0.3 is 0 Å². The van der Waals surface area contributed by atoms with E-state index in [1.165, 1.54) is 0 Å². The number of hydrogen-bond donors (Lipinski definition) is 1. The average molecular weight is 360 g/mol. The van der Waals surface area contributed by atoms with Gasteiger partial charge in [-0.05, 0) is 30.5 Å². The smallest absolute Gasteiger partial charge is 0.0976 e. The SMILES string of the molecule is CCC(N)C(OCCOCCCOC)c1ccc(Br)cc1. The second-order valence-electron chi connectivity index (χ2n) is 4.87. The summed E-state index contributed by atoms with van der Waals surface area (Å²) in [5, 5.41) is 0. The van der Waals surface area contributed by atoms with E-state index < -0.39 is 0 Å². The van der Waals surface area contributed by atoms with Crippen molar-refractivity contribution in [1.29, 1.82) is 0 Å². The highest BCUT2D eigenvalue weighted by molar-refractivity contribution is 9.10. The predicted octanol–water partition coefficient (Wildman–Crippen LogP) is 3.30. The molecule has 0 saturated carbocycles. The molecule has 0 bridgehead atoms. The molecule has 0 aliphatic rings. The Bertz CT molecular complexity index is 372. The minimum Gasteiger partial charge on any atom is -0.385 e. The molecule has 1 aromatic carbocycles. The van der Waals surface area contributed by atoms with Crippen LogP contribution in [0, 0.1) is 0 Å². The first-order chi connectivity index (χ1) is 10.2. The molecule has 120 valence electrons. The number of rotatable bonds is 11. The molecule has 0 aromatic heterocycles. The van der Waals surface area contributed by atoms with Crippen molar-refractivity contribution in [2.75, 3.05) is 33.5 Å². The molecule has 0 radical (unpaired) electrons. The molecule has 5 heteroatoms. The lowest BCUT2D eigenvalue weighted by Crippen LogP contribution is -2.30. The second kappa shape index (κ2) is 11.2. The monoisotopic (exact) mass is 359 g/mol. The fourth-order valence-electron chi connectivity index (χ4n) is 1.97. The van der Waals surface area contributed by atoms with Gasteiger partial charge in [0, 0.05) is 30.8 Å². The van der Waals surface area contributed by atoms with E-state index in [0.717, 1.165) is 29.5 Å². The van der Waals surface area contributed by atoms with Crippen LogP contribution in [-0.4, -0.2) is 39.6 Å². The van der Waals surface area contributed by atoms with E-state index in [9.17, 15) is 0 Å². The minimum absolute atomic E-state index is 0.0142. The van der Waals surface area contributed by atoms with Crippen LogP contribution in [-0.2, 0) is 14.2 Å². The average Bonchev–Trinajstić information content (AvgIpc) is 2.50. The lowest BCUT2D eigenvalue weighted by Gasteiger charge is -2.24. The van der Waals surface area contributed by atoms with Gasteiger partial charge in [0.2, 0.25) is 0 Å². The lowest BCUT2D eigenvalue weighted by atomic mass is 10.0. The molecular formula is C16H26BrNO3. The maximum absolute atomic E-state index is 6.17. The molecule has 2 atom stereocenters. The van der Waals surface area contributed by atoms with Crippen molar-refractivity contribution in [3.8, 4) is 0 Å². The molecule has 0 aliphatic heterocycles. The zero-order valence-corrected chi connectivity index (χ0v) is 14.5. The van der Waals surface area contributed by atoms with E-state index in [0.29, 0.717) is 19.8 Å². The van der Waals surface area contributed by atoms with Gasteiger partial charge in [0.15, 0.2) is 0 Å². The third kappa shape index (κ3) is 7.38. The number of halogens is 1. The summed E-state index contributed by atoms with van der Waals surface area (Å²) in [5.74, 6) is 0. The van der Waals surface area contributed by atoms with E-state index in [2.05, 4.69) is 22.9 Å². The lowest BCUT2D eigenvalue weighted by molar-refractivity contribution is -0.0104. The van der Waals surface area contributed by atoms with Crippen LogP contribution >= 0.6 is 15.9 Å². The van der Waals surface area contributed by atoms with Gasteiger partial charge in [-0.25, -0.2) is 0 Å². The Balaban J connectivity index is 2.39. The first-order valence-electron chi connectivity index (χ1n) is 7.38. The van der Waals surface area contributed by atoms with Crippen LogP contribution in [0.25, 0.3) is 0 Å². The van der Waals surface area contributed by atoms with Crippen LogP contribution in [0.3, 0.4) is 0 Å². The molecule has 2 N–H and O–H groups in total. The van der Waals surface area contributed by atoms with Crippen LogP contribution in [0.1, 0.15) is 31.4 Å². The van der Waals surface area contributed by atoms with Crippen molar-refractivity contribution >= 4 is 15.9 Å². The standard InChI is InChI=1S/C16H26BrNO3/c1-3-15(18)16(13-5-7-14(17)8-6-13)21-12-11-20-10-4-9-19-2/h5-8,15-16H,3-4,9-12,18H2,1-2H3. The van der Waals surface area contributed by atoms with E-state index in [4.69, 9.17) is 19.9 Å². The van der Waals surface area contributed by atoms with Gasteiger partial charge in [-0.2, -0.15) is 0 Å². The minimum atomic E-state index is -0.0920. The summed E-state index contributed by atoms with van der Waals surface area (Å²) in [6, 6.07) is 8.10. The summed E-state index contributed by atoms with van der Waals surface area (Å²) < 4.78 is 17.5. The summed E-state index contributed by atoms with van der Waals surface area (Å²) in [6.07, 6.45) is 1.68. The number of benzene rings is 1. The van der Waals surface area contributed by atoms with Gasteiger partial charge in [-0.3, -0.25) is 0 Å². The number of methoxy groups -OCH3 is 1. The fourth-order valence-corrected chi connectivity index (χ4v) is 2.24. The highest BCUT2D eigenvalue weighted by atomic mass is 79.9. The highest BCUT2D eigenvalue weighted by Gasteiger charge is 2.19. The second-order valence-corrected chi connectivity index (χ2v) is 5.79. The molecule has 1 aromatic rings. The third-order valence-corrected chi connectivity index (χ3v) is 3.75. The Labute approximate surface area is 136 Å². The highest BCUT2D eigenvalue weighted by Crippen LogP contribution is 2.23. The first-order valence-corrected chi connectivity index (χ1v) is 8.17. The predicted molar refractivity (Wildman–Crippen MR) is 88.4 cm³/mol. The number of ether oxygens (including phenoxy) is 3. The van der Waals surface area contributed by atoms with Gasteiger partial charge in [0.1, 0.15) is 0 Å². The van der Waals surface area contributed by atoms with Crippen LogP contribution < -0.4 is 5.73 Å². The van der Waals surface area contributed by atoms with E-state index >= 15 is 0 Å². The molecule has 4 nitrogen and oxygen atoms in total. The first kappa shape index (κ1) is 18.6. The molecule has 2 unspecified atom stereocenters. The molecule has 0 saturated heterocycles. The van der Waals surface area contributed by atoms with Gasteiger partial charge in [-0.15, -0.1) is 0 Å². The molecular weight excluding hydrogens is 334 g/mol. The van der Waals surface area contributed by atoms with Crippen molar-refractivity contribution in [3.05, 3.63) is 34.3 Å². The Morgan fingerprint density at radius 2 is 1.81 bits per heavy atom. The number of hydrogen-bond acceptors (Lipinski definition) is 4. The van der Waals surface area contributed by atoms with Gasteiger partial charge < -0.3 is 19.9 Å². The summed E-state index contributed by atoms with van der Waals surface area (Å²) in [6.45, 7) is 4.61. The summed E-state index contributed by atoms with van der Waals surface area (Å²) in [4.78, 5) is 0. The maximum atomic E-state index is 6.17. The van der Waals surface area contributed by atoms with Gasteiger partial charge in [-0.1, -0.05) is 35.0 Å². The Morgan fingerprint density at radius 3 is 2.43 bits per heavy atom. The fraction of sp³-hybridized carbons (Fsp3) is 0.625. The van der Waals surface area contributed by atoms with Crippen molar-refractivity contribution in [1.82, 2.24) is 0 Å². The Morgan fingerprint density at radius 1 is 1.10 bits per heavy atom. The topological polar surface area (TPSA) is 53.7 Å². The van der Waals surface area contributed by atoms with Crippen LogP contribution in [0.2, 0.25) is 0 Å². The van der Waals surface area contributed by atoms with E-state index in [-0.39, 0.29) is 12.1 Å². The van der Waals surface area contributed by atoms with Crippen LogP contribution in [0.15, 0.2) is 28.7 Å². The Kier molecular flexibility index (Phi) is 9.87. The largest absolute Gasteiger partial charge is 0.385 e. The molecule has 0 fully saturated rings. The van der Waals surface area contributed by atoms with Crippen molar-refractivity contribution in [3.63, 3.8) is 0 Å². The maximum Gasteiger partial charge on any atom is 0.0976 e. The molecule has 0 amide bonds. The number of nitrogens with two attached hydrogens (primary N) is 1. The molecule has 0 spiro atoms. The summed E-state index contributed by atoms with van der Waals surface area (Å²) in [5.41, 5.74) is 7.28. The van der Waals surface area contributed by atoms with E-state index in [1.54, 1.807) is 7.11 Å². The van der Waals surface area contributed by atoms with Crippen molar-refractivity contribution in [2.45, 2.75) is 31.9 Å². The molecule has 21 heavy (non-hydrogen) atoms. The van der Waals surface area contributed by atoms with Gasteiger partial charge in [0.05, 0.1) is 19.3 Å².